The van der Waals surface area contributed by atoms with Crippen molar-refractivity contribution in [2.75, 3.05) is 19.8 Å². The highest BCUT2D eigenvalue weighted by molar-refractivity contribution is 4.72. The Labute approximate surface area is 93.8 Å². The smallest absolute Gasteiger partial charge is 0.0480 e. The molecule has 88 valence electrons. The van der Waals surface area contributed by atoms with Gasteiger partial charge in [0, 0.05) is 19.3 Å². The Morgan fingerprint density at radius 1 is 0.933 bits per heavy atom. The van der Waals surface area contributed by atoms with Crippen LogP contribution in [0.5, 0.6) is 0 Å². The third kappa shape index (κ3) is 4.12. The summed E-state index contributed by atoms with van der Waals surface area (Å²) in [5, 5.41) is 3.69. The van der Waals surface area contributed by atoms with E-state index in [2.05, 4.69) is 5.32 Å². The second kappa shape index (κ2) is 6.49. The van der Waals surface area contributed by atoms with Gasteiger partial charge in [-0.2, -0.15) is 0 Å². The number of nitrogens with one attached hydrogen (secondary N) is 1. The van der Waals surface area contributed by atoms with Gasteiger partial charge in [0.15, 0.2) is 0 Å². The molecule has 0 bridgehead atoms. The standard InChI is InChI=1S/C13H25NO/c1-2-4-12(5-3-1)6-9-14-13-7-10-15-11-8-13/h12-14H,1-11H2. The first-order valence-corrected chi connectivity index (χ1v) is 6.76. The van der Waals surface area contributed by atoms with Crippen molar-refractivity contribution in [1.82, 2.24) is 5.32 Å². The molecule has 0 aromatic heterocycles. The first-order chi connectivity index (χ1) is 7.45. The number of rotatable bonds is 4. The largest absolute Gasteiger partial charge is 0.381 e. The average Bonchev–Trinajstić information content (AvgIpc) is 2.32. The maximum absolute atomic E-state index is 5.36. The Kier molecular flexibility index (Phi) is 4.94. The zero-order valence-electron chi connectivity index (χ0n) is 9.84. The Bertz CT molecular complexity index is 142. The Balaban J connectivity index is 1.53. The molecular weight excluding hydrogens is 186 g/mol. The van der Waals surface area contributed by atoms with Gasteiger partial charge < -0.3 is 10.1 Å². The zero-order chi connectivity index (χ0) is 10.3. The van der Waals surface area contributed by atoms with Gasteiger partial charge in [0.05, 0.1) is 0 Å². The minimum Gasteiger partial charge on any atom is -0.381 e. The summed E-state index contributed by atoms with van der Waals surface area (Å²) in [6, 6.07) is 0.738. The topological polar surface area (TPSA) is 21.3 Å². The average molecular weight is 211 g/mol. The van der Waals surface area contributed by atoms with Crippen LogP contribution in [0.25, 0.3) is 0 Å². The summed E-state index contributed by atoms with van der Waals surface area (Å²) in [5.74, 6) is 1.02. The fraction of sp³-hybridized carbons (Fsp3) is 1.00. The van der Waals surface area contributed by atoms with Gasteiger partial charge in [0.1, 0.15) is 0 Å². The molecule has 0 unspecified atom stereocenters. The van der Waals surface area contributed by atoms with Crippen molar-refractivity contribution in [2.45, 2.75) is 57.4 Å². The van der Waals surface area contributed by atoms with Crippen molar-refractivity contribution in [3.05, 3.63) is 0 Å². The highest BCUT2D eigenvalue weighted by Crippen LogP contribution is 2.25. The van der Waals surface area contributed by atoms with Gasteiger partial charge in [-0.3, -0.25) is 0 Å². The van der Waals surface area contributed by atoms with E-state index < -0.39 is 0 Å². The van der Waals surface area contributed by atoms with E-state index in [9.17, 15) is 0 Å². The number of ether oxygens (including phenoxy) is 1. The van der Waals surface area contributed by atoms with Crippen molar-refractivity contribution >= 4 is 0 Å². The monoisotopic (exact) mass is 211 g/mol. The molecule has 2 nitrogen and oxygen atoms in total. The predicted octanol–water partition coefficient (Wildman–Crippen LogP) is 2.73. The molecule has 1 N–H and O–H groups in total. The van der Waals surface area contributed by atoms with Gasteiger partial charge in [-0.1, -0.05) is 32.1 Å². The van der Waals surface area contributed by atoms with Crippen LogP contribution in [0.15, 0.2) is 0 Å². The van der Waals surface area contributed by atoms with Crippen LogP contribution < -0.4 is 5.32 Å². The van der Waals surface area contributed by atoms with E-state index in [-0.39, 0.29) is 0 Å². The molecule has 1 saturated carbocycles. The SMILES string of the molecule is C1CCC(CCNC2CCOCC2)CC1. The van der Waals surface area contributed by atoms with Crippen LogP contribution in [0.2, 0.25) is 0 Å². The fourth-order valence-electron chi connectivity index (χ4n) is 2.87. The maximum Gasteiger partial charge on any atom is 0.0480 e. The van der Waals surface area contributed by atoms with E-state index >= 15 is 0 Å². The highest BCUT2D eigenvalue weighted by atomic mass is 16.5. The third-order valence-electron chi connectivity index (χ3n) is 3.93. The molecule has 1 saturated heterocycles. The molecule has 1 aliphatic heterocycles. The Morgan fingerprint density at radius 2 is 1.67 bits per heavy atom. The lowest BCUT2D eigenvalue weighted by molar-refractivity contribution is 0.0775. The summed E-state index contributed by atoms with van der Waals surface area (Å²) in [5.41, 5.74) is 0. The van der Waals surface area contributed by atoms with Gasteiger partial charge in [-0.25, -0.2) is 0 Å². The van der Waals surface area contributed by atoms with Crippen molar-refractivity contribution in [3.63, 3.8) is 0 Å². The molecule has 2 heteroatoms. The highest BCUT2D eigenvalue weighted by Gasteiger charge is 2.15. The summed E-state index contributed by atoms with van der Waals surface area (Å²) in [7, 11) is 0. The summed E-state index contributed by atoms with van der Waals surface area (Å²) in [6.45, 7) is 3.15. The predicted molar refractivity (Wildman–Crippen MR) is 63.0 cm³/mol. The zero-order valence-corrected chi connectivity index (χ0v) is 9.84. The molecule has 0 aromatic carbocycles. The van der Waals surface area contributed by atoms with E-state index in [0.29, 0.717) is 0 Å². The van der Waals surface area contributed by atoms with E-state index in [1.165, 1.54) is 57.9 Å². The van der Waals surface area contributed by atoms with Crippen molar-refractivity contribution in [3.8, 4) is 0 Å². The quantitative estimate of drug-likeness (QED) is 0.772. The Hall–Kier alpha value is -0.0800. The van der Waals surface area contributed by atoms with Crippen LogP contribution in [0.1, 0.15) is 51.4 Å². The van der Waals surface area contributed by atoms with Gasteiger partial charge in [-0.05, 0) is 31.7 Å². The van der Waals surface area contributed by atoms with Gasteiger partial charge in [0.2, 0.25) is 0 Å². The molecule has 0 radical (unpaired) electrons. The molecule has 2 aliphatic rings. The van der Waals surface area contributed by atoms with Gasteiger partial charge >= 0.3 is 0 Å². The second-order valence-electron chi connectivity index (χ2n) is 5.13. The molecule has 0 spiro atoms. The van der Waals surface area contributed by atoms with Crippen LogP contribution in [0, 0.1) is 5.92 Å². The van der Waals surface area contributed by atoms with E-state index in [1.54, 1.807) is 0 Å². The van der Waals surface area contributed by atoms with E-state index in [0.717, 1.165) is 25.2 Å². The number of hydrogen-bond acceptors (Lipinski definition) is 2. The van der Waals surface area contributed by atoms with Crippen LogP contribution in [0.4, 0.5) is 0 Å². The van der Waals surface area contributed by atoms with Crippen LogP contribution in [-0.4, -0.2) is 25.8 Å². The molecule has 1 aliphatic carbocycles. The van der Waals surface area contributed by atoms with Crippen LogP contribution in [-0.2, 0) is 4.74 Å². The lowest BCUT2D eigenvalue weighted by atomic mass is 9.87. The van der Waals surface area contributed by atoms with Crippen molar-refractivity contribution < 1.29 is 4.74 Å². The number of hydrogen-bond donors (Lipinski definition) is 1. The van der Waals surface area contributed by atoms with Crippen LogP contribution in [0.3, 0.4) is 0 Å². The fourth-order valence-corrected chi connectivity index (χ4v) is 2.87. The summed E-state index contributed by atoms with van der Waals surface area (Å²) >= 11 is 0. The normalized spacial score (nSPS) is 25.6. The second-order valence-corrected chi connectivity index (χ2v) is 5.13. The maximum atomic E-state index is 5.36. The minimum atomic E-state index is 0.738. The van der Waals surface area contributed by atoms with Gasteiger partial charge in [0.25, 0.3) is 0 Å². The van der Waals surface area contributed by atoms with Crippen molar-refractivity contribution in [2.24, 2.45) is 5.92 Å². The van der Waals surface area contributed by atoms with Crippen molar-refractivity contribution in [1.29, 1.82) is 0 Å². The first kappa shape index (κ1) is 11.4. The molecule has 0 amide bonds. The third-order valence-corrected chi connectivity index (χ3v) is 3.93. The first-order valence-electron chi connectivity index (χ1n) is 6.76. The van der Waals surface area contributed by atoms with E-state index in [1.807, 2.05) is 0 Å². The lowest BCUT2D eigenvalue weighted by Crippen LogP contribution is -2.36. The minimum absolute atomic E-state index is 0.738. The van der Waals surface area contributed by atoms with Gasteiger partial charge in [-0.15, -0.1) is 0 Å². The van der Waals surface area contributed by atoms with E-state index in [4.69, 9.17) is 4.74 Å². The molecule has 0 atom stereocenters. The summed E-state index contributed by atoms with van der Waals surface area (Å²) < 4.78 is 5.36. The lowest BCUT2D eigenvalue weighted by Gasteiger charge is -2.26. The molecule has 0 aromatic rings. The molecule has 2 fully saturated rings. The summed E-state index contributed by atoms with van der Waals surface area (Å²) in [6.07, 6.45) is 11.2. The molecular formula is C13H25NO. The van der Waals surface area contributed by atoms with Crippen LogP contribution >= 0.6 is 0 Å². The molecule has 2 rings (SSSR count). The molecule has 15 heavy (non-hydrogen) atoms. The summed E-state index contributed by atoms with van der Waals surface area (Å²) in [4.78, 5) is 0. The molecule has 1 heterocycles. The Morgan fingerprint density at radius 3 is 2.40 bits per heavy atom.